The molecule has 1 aromatic rings. The third-order valence-corrected chi connectivity index (χ3v) is 4.09. The van der Waals surface area contributed by atoms with E-state index in [0.29, 0.717) is 0 Å². The zero-order chi connectivity index (χ0) is 14.0. The largest absolute Gasteiger partial charge is 0.339 e. The van der Waals surface area contributed by atoms with E-state index in [2.05, 4.69) is 15.3 Å². The first-order valence-corrected chi connectivity index (χ1v) is 7.46. The standard InChI is InChI=1S/C13H22N4OS.3ClH/c1-10-15-11(9-19-10)8-16-4-6-17(7-5-16)12(18)13(2,3)14;;;/h9H,4-8,14H2,1-3H3;3*1H. The molecule has 1 amide bonds. The Morgan fingerprint density at radius 1 is 1.27 bits per heavy atom. The van der Waals surface area contributed by atoms with Crippen LogP contribution in [0, 0.1) is 6.92 Å². The van der Waals surface area contributed by atoms with E-state index in [9.17, 15) is 4.79 Å². The van der Waals surface area contributed by atoms with Crippen LogP contribution < -0.4 is 5.73 Å². The third kappa shape index (κ3) is 6.56. The van der Waals surface area contributed by atoms with Crippen molar-refractivity contribution in [3.63, 3.8) is 0 Å². The van der Waals surface area contributed by atoms with Crippen LogP contribution in [0.1, 0.15) is 24.5 Å². The average molecular weight is 392 g/mol. The Morgan fingerprint density at radius 2 is 1.82 bits per heavy atom. The molecule has 1 aromatic heterocycles. The number of piperazine rings is 1. The van der Waals surface area contributed by atoms with Gasteiger partial charge in [0.1, 0.15) is 0 Å². The van der Waals surface area contributed by atoms with Crippen LogP contribution in [0.25, 0.3) is 0 Å². The van der Waals surface area contributed by atoms with E-state index in [1.807, 2.05) is 11.8 Å². The predicted molar refractivity (Wildman–Crippen MR) is 98.7 cm³/mol. The average Bonchev–Trinajstić information content (AvgIpc) is 2.74. The third-order valence-electron chi connectivity index (χ3n) is 3.26. The number of nitrogens with two attached hydrogens (primary N) is 1. The molecule has 2 heterocycles. The van der Waals surface area contributed by atoms with Crippen molar-refractivity contribution >= 4 is 54.5 Å². The van der Waals surface area contributed by atoms with Gasteiger partial charge in [-0.15, -0.1) is 48.6 Å². The van der Waals surface area contributed by atoms with Crippen molar-refractivity contribution in [3.8, 4) is 0 Å². The number of halogens is 3. The molecular weight excluding hydrogens is 367 g/mol. The Hall–Kier alpha value is -0.110. The maximum atomic E-state index is 12.1. The summed E-state index contributed by atoms with van der Waals surface area (Å²) in [7, 11) is 0. The molecule has 2 N–H and O–H groups in total. The Labute approximate surface area is 154 Å². The van der Waals surface area contributed by atoms with Crippen molar-refractivity contribution in [2.45, 2.75) is 32.9 Å². The first kappa shape index (κ1) is 24.1. The van der Waals surface area contributed by atoms with Gasteiger partial charge in [-0.05, 0) is 20.8 Å². The van der Waals surface area contributed by atoms with Crippen LogP contribution in [0.2, 0.25) is 0 Å². The molecule has 0 atom stereocenters. The molecule has 9 heteroatoms. The zero-order valence-electron chi connectivity index (χ0n) is 13.1. The lowest BCUT2D eigenvalue weighted by Gasteiger charge is -2.37. The lowest BCUT2D eigenvalue weighted by molar-refractivity contribution is -0.137. The van der Waals surface area contributed by atoms with Crippen LogP contribution in [-0.2, 0) is 11.3 Å². The van der Waals surface area contributed by atoms with E-state index < -0.39 is 5.54 Å². The summed E-state index contributed by atoms with van der Waals surface area (Å²) in [5, 5.41) is 3.21. The molecule has 1 aliphatic heterocycles. The van der Waals surface area contributed by atoms with Gasteiger partial charge in [0, 0.05) is 38.1 Å². The van der Waals surface area contributed by atoms with Gasteiger partial charge in [0.15, 0.2) is 0 Å². The molecule has 1 fully saturated rings. The van der Waals surface area contributed by atoms with Gasteiger partial charge in [-0.1, -0.05) is 0 Å². The van der Waals surface area contributed by atoms with Gasteiger partial charge >= 0.3 is 0 Å². The fourth-order valence-corrected chi connectivity index (χ4v) is 2.83. The topological polar surface area (TPSA) is 62.5 Å². The molecule has 1 aliphatic rings. The summed E-state index contributed by atoms with van der Waals surface area (Å²) in [5.74, 6) is 0.0386. The fourth-order valence-electron chi connectivity index (χ4n) is 2.23. The van der Waals surface area contributed by atoms with Gasteiger partial charge in [-0.2, -0.15) is 0 Å². The summed E-state index contributed by atoms with van der Waals surface area (Å²) >= 11 is 1.68. The number of aryl methyl sites for hydroxylation is 1. The number of hydrogen-bond donors (Lipinski definition) is 1. The molecule has 0 bridgehead atoms. The smallest absolute Gasteiger partial charge is 0.242 e. The highest BCUT2D eigenvalue weighted by molar-refractivity contribution is 7.09. The fraction of sp³-hybridized carbons (Fsp3) is 0.692. The van der Waals surface area contributed by atoms with Gasteiger partial charge in [-0.25, -0.2) is 4.98 Å². The zero-order valence-corrected chi connectivity index (χ0v) is 16.3. The van der Waals surface area contributed by atoms with Crippen molar-refractivity contribution in [2.24, 2.45) is 5.73 Å². The van der Waals surface area contributed by atoms with Crippen LogP contribution in [0.15, 0.2) is 5.38 Å². The van der Waals surface area contributed by atoms with Crippen molar-refractivity contribution in [1.82, 2.24) is 14.8 Å². The van der Waals surface area contributed by atoms with Crippen LogP contribution in [-0.4, -0.2) is 52.4 Å². The number of carbonyl (C=O) groups excluding carboxylic acids is 1. The first-order chi connectivity index (χ1) is 8.86. The molecule has 0 spiro atoms. The number of nitrogens with zero attached hydrogens (tertiary/aromatic N) is 3. The molecular formula is C13H25Cl3N4OS. The molecule has 1 saturated heterocycles. The van der Waals surface area contributed by atoms with Crippen molar-refractivity contribution in [1.29, 1.82) is 0 Å². The van der Waals surface area contributed by atoms with Crippen LogP contribution in [0.4, 0.5) is 0 Å². The summed E-state index contributed by atoms with van der Waals surface area (Å²) in [6, 6.07) is 0. The summed E-state index contributed by atoms with van der Waals surface area (Å²) in [6.07, 6.45) is 0. The maximum absolute atomic E-state index is 12.1. The minimum absolute atomic E-state index is 0. The predicted octanol–water partition coefficient (Wildman–Crippen LogP) is 2.10. The second-order valence-electron chi connectivity index (χ2n) is 5.65. The SMILES string of the molecule is Cc1nc(CN2CCN(C(=O)C(C)(C)N)CC2)cs1.Cl.Cl.Cl. The van der Waals surface area contributed by atoms with E-state index in [1.54, 1.807) is 25.2 Å². The monoisotopic (exact) mass is 390 g/mol. The maximum Gasteiger partial charge on any atom is 0.242 e. The Balaban J connectivity index is 0. The molecule has 0 aromatic carbocycles. The highest BCUT2D eigenvalue weighted by Crippen LogP contribution is 2.13. The van der Waals surface area contributed by atoms with Gasteiger partial charge in [-0.3, -0.25) is 9.69 Å². The van der Waals surface area contributed by atoms with Crippen LogP contribution in [0.3, 0.4) is 0 Å². The number of aromatic nitrogens is 1. The Kier molecular flexibility index (Phi) is 10.9. The van der Waals surface area contributed by atoms with Gasteiger partial charge in [0.2, 0.25) is 5.91 Å². The molecule has 130 valence electrons. The lowest BCUT2D eigenvalue weighted by Crippen LogP contribution is -2.56. The summed E-state index contributed by atoms with van der Waals surface area (Å²) in [4.78, 5) is 20.7. The second-order valence-corrected chi connectivity index (χ2v) is 6.71. The molecule has 22 heavy (non-hydrogen) atoms. The quantitative estimate of drug-likeness (QED) is 0.857. The van der Waals surface area contributed by atoms with E-state index in [0.717, 1.165) is 43.4 Å². The highest BCUT2D eigenvalue weighted by Gasteiger charge is 2.30. The van der Waals surface area contributed by atoms with Crippen LogP contribution in [0.5, 0.6) is 0 Å². The second kappa shape index (κ2) is 9.90. The van der Waals surface area contributed by atoms with Crippen LogP contribution >= 0.6 is 48.6 Å². The normalized spacial score (nSPS) is 15.4. The minimum atomic E-state index is -0.770. The van der Waals surface area contributed by atoms with Gasteiger partial charge < -0.3 is 10.6 Å². The van der Waals surface area contributed by atoms with E-state index in [-0.39, 0.29) is 43.1 Å². The number of thiazole rings is 1. The number of carbonyl (C=O) groups is 1. The minimum Gasteiger partial charge on any atom is -0.339 e. The molecule has 0 unspecified atom stereocenters. The Morgan fingerprint density at radius 3 is 2.23 bits per heavy atom. The molecule has 0 saturated carbocycles. The lowest BCUT2D eigenvalue weighted by atomic mass is 10.0. The highest BCUT2D eigenvalue weighted by atomic mass is 35.5. The van der Waals surface area contributed by atoms with Crippen molar-refractivity contribution < 1.29 is 4.79 Å². The number of amides is 1. The van der Waals surface area contributed by atoms with Gasteiger partial charge in [0.25, 0.3) is 0 Å². The van der Waals surface area contributed by atoms with Crippen molar-refractivity contribution in [2.75, 3.05) is 26.2 Å². The Bertz CT molecular complexity index is 456. The van der Waals surface area contributed by atoms with Gasteiger partial charge in [0.05, 0.1) is 16.2 Å². The van der Waals surface area contributed by atoms with E-state index >= 15 is 0 Å². The summed E-state index contributed by atoms with van der Waals surface area (Å²) in [6.45, 7) is 9.70. The molecule has 0 aliphatic carbocycles. The molecule has 0 radical (unpaired) electrons. The molecule has 5 nitrogen and oxygen atoms in total. The van der Waals surface area contributed by atoms with E-state index in [1.165, 1.54) is 0 Å². The number of hydrogen-bond acceptors (Lipinski definition) is 5. The number of rotatable bonds is 3. The first-order valence-electron chi connectivity index (χ1n) is 6.58. The summed E-state index contributed by atoms with van der Waals surface area (Å²) < 4.78 is 0. The summed E-state index contributed by atoms with van der Waals surface area (Å²) in [5.41, 5.74) is 6.21. The van der Waals surface area contributed by atoms with E-state index in [4.69, 9.17) is 5.73 Å². The van der Waals surface area contributed by atoms with Crippen molar-refractivity contribution in [3.05, 3.63) is 16.1 Å². The molecule has 2 rings (SSSR count).